The number of hydrogen-bond acceptors (Lipinski definition) is 2. The van der Waals surface area contributed by atoms with Gasteiger partial charge in [0.1, 0.15) is 6.04 Å². The number of halogens is 1. The zero-order valence-corrected chi connectivity index (χ0v) is 11.2. The molecule has 0 aromatic heterocycles. The van der Waals surface area contributed by atoms with Gasteiger partial charge in [0.05, 0.1) is 0 Å². The van der Waals surface area contributed by atoms with Gasteiger partial charge in [-0.25, -0.2) is 0 Å². The van der Waals surface area contributed by atoms with Crippen molar-refractivity contribution < 1.29 is 9.90 Å². The molecule has 0 saturated carbocycles. The lowest BCUT2D eigenvalue weighted by Crippen LogP contribution is -2.33. The van der Waals surface area contributed by atoms with Crippen LogP contribution in [-0.2, 0) is 4.79 Å². The van der Waals surface area contributed by atoms with Gasteiger partial charge in [0, 0.05) is 10.5 Å². The third-order valence-electron chi connectivity index (χ3n) is 2.28. The number of aliphatic carboxylic acids is 1. The summed E-state index contributed by atoms with van der Waals surface area (Å²) >= 11 is 3.41. The fourth-order valence-corrected chi connectivity index (χ4v) is 1.83. The lowest BCUT2D eigenvalue weighted by atomic mass is 10.0. The molecular formula is C12H16BrNO2. The van der Waals surface area contributed by atoms with Gasteiger partial charge >= 0.3 is 5.97 Å². The summed E-state index contributed by atoms with van der Waals surface area (Å²) in [6, 6.07) is 5.08. The SMILES string of the molecule is Cc1ccc(C(NC(C)C)C(=O)O)cc1Br. The third kappa shape index (κ3) is 3.32. The van der Waals surface area contributed by atoms with E-state index in [-0.39, 0.29) is 6.04 Å². The zero-order chi connectivity index (χ0) is 12.3. The molecule has 88 valence electrons. The minimum atomic E-state index is -0.857. The van der Waals surface area contributed by atoms with Crippen LogP contribution < -0.4 is 5.32 Å². The first-order valence-electron chi connectivity index (χ1n) is 5.16. The van der Waals surface area contributed by atoms with Gasteiger partial charge in [0.25, 0.3) is 0 Å². The molecule has 4 heteroatoms. The summed E-state index contributed by atoms with van der Waals surface area (Å²) < 4.78 is 0.932. The largest absolute Gasteiger partial charge is 0.480 e. The van der Waals surface area contributed by atoms with Gasteiger partial charge in [0.2, 0.25) is 0 Å². The Morgan fingerprint density at radius 3 is 2.50 bits per heavy atom. The molecule has 16 heavy (non-hydrogen) atoms. The lowest BCUT2D eigenvalue weighted by molar-refractivity contribution is -0.139. The van der Waals surface area contributed by atoms with E-state index in [0.717, 1.165) is 15.6 Å². The molecule has 0 amide bonds. The van der Waals surface area contributed by atoms with E-state index in [1.165, 1.54) is 0 Å². The molecule has 1 aromatic rings. The van der Waals surface area contributed by atoms with Crippen molar-refractivity contribution in [1.29, 1.82) is 0 Å². The Morgan fingerprint density at radius 2 is 2.06 bits per heavy atom. The van der Waals surface area contributed by atoms with Crippen molar-refractivity contribution in [2.75, 3.05) is 0 Å². The van der Waals surface area contributed by atoms with Crippen molar-refractivity contribution in [1.82, 2.24) is 5.32 Å². The van der Waals surface area contributed by atoms with Crippen molar-refractivity contribution in [3.05, 3.63) is 33.8 Å². The van der Waals surface area contributed by atoms with E-state index in [4.69, 9.17) is 5.11 Å². The molecule has 1 atom stereocenters. The summed E-state index contributed by atoms with van der Waals surface area (Å²) in [7, 11) is 0. The van der Waals surface area contributed by atoms with Crippen LogP contribution in [0.25, 0.3) is 0 Å². The molecule has 0 saturated heterocycles. The molecule has 3 nitrogen and oxygen atoms in total. The first kappa shape index (κ1) is 13.2. The normalized spacial score (nSPS) is 12.8. The van der Waals surface area contributed by atoms with Crippen LogP contribution in [0.15, 0.2) is 22.7 Å². The van der Waals surface area contributed by atoms with Gasteiger partial charge < -0.3 is 5.11 Å². The molecule has 0 aliphatic heterocycles. The molecule has 1 aromatic carbocycles. The molecule has 0 aliphatic carbocycles. The third-order valence-corrected chi connectivity index (χ3v) is 3.13. The van der Waals surface area contributed by atoms with Crippen LogP contribution in [0.2, 0.25) is 0 Å². The second-order valence-electron chi connectivity index (χ2n) is 4.10. The Balaban J connectivity index is 3.01. The highest BCUT2D eigenvalue weighted by molar-refractivity contribution is 9.10. The molecule has 0 heterocycles. The zero-order valence-electron chi connectivity index (χ0n) is 9.62. The maximum absolute atomic E-state index is 11.2. The number of rotatable bonds is 4. The monoisotopic (exact) mass is 285 g/mol. The number of aryl methyl sites for hydroxylation is 1. The van der Waals surface area contributed by atoms with Crippen molar-refractivity contribution in [2.45, 2.75) is 32.9 Å². The van der Waals surface area contributed by atoms with Gasteiger partial charge in [0.15, 0.2) is 0 Å². The first-order valence-corrected chi connectivity index (χ1v) is 5.96. The molecule has 0 fully saturated rings. The molecule has 1 unspecified atom stereocenters. The van der Waals surface area contributed by atoms with Crippen LogP contribution in [0.3, 0.4) is 0 Å². The Hall–Kier alpha value is -0.870. The summed E-state index contributed by atoms with van der Waals surface area (Å²) in [4.78, 5) is 11.2. The van der Waals surface area contributed by atoms with Gasteiger partial charge in [-0.3, -0.25) is 10.1 Å². The Kier molecular flexibility index (Phi) is 4.50. The van der Waals surface area contributed by atoms with Crippen LogP contribution in [0.4, 0.5) is 0 Å². The number of benzene rings is 1. The van der Waals surface area contributed by atoms with E-state index in [2.05, 4.69) is 21.2 Å². The summed E-state index contributed by atoms with van der Waals surface area (Å²) in [5.74, 6) is -0.857. The molecule has 0 aliphatic rings. The number of hydrogen-bond donors (Lipinski definition) is 2. The standard InChI is InChI=1S/C12H16BrNO2/c1-7(2)14-11(12(15)16)9-5-4-8(3)10(13)6-9/h4-7,11,14H,1-3H3,(H,15,16). The summed E-state index contributed by atoms with van der Waals surface area (Å²) in [5, 5.41) is 12.2. The second kappa shape index (κ2) is 5.46. The number of carboxylic acids is 1. The van der Waals surface area contributed by atoms with Crippen molar-refractivity contribution in [2.24, 2.45) is 0 Å². The van der Waals surface area contributed by atoms with E-state index in [1.807, 2.05) is 39.0 Å². The summed E-state index contributed by atoms with van der Waals surface area (Å²) in [6.45, 7) is 5.83. The number of nitrogens with one attached hydrogen (secondary N) is 1. The fourth-order valence-electron chi connectivity index (χ4n) is 1.43. The van der Waals surface area contributed by atoms with E-state index in [9.17, 15) is 4.79 Å². The molecule has 2 N–H and O–H groups in total. The predicted molar refractivity (Wildman–Crippen MR) is 67.5 cm³/mol. The highest BCUT2D eigenvalue weighted by Crippen LogP contribution is 2.22. The van der Waals surface area contributed by atoms with Gasteiger partial charge in [-0.1, -0.05) is 28.1 Å². The van der Waals surface area contributed by atoms with E-state index in [1.54, 1.807) is 0 Å². The van der Waals surface area contributed by atoms with Gasteiger partial charge in [-0.15, -0.1) is 0 Å². The first-order chi connectivity index (χ1) is 7.41. The van der Waals surface area contributed by atoms with Gasteiger partial charge in [-0.2, -0.15) is 0 Å². The van der Waals surface area contributed by atoms with Crippen LogP contribution in [0, 0.1) is 6.92 Å². The van der Waals surface area contributed by atoms with Crippen LogP contribution in [0.1, 0.15) is 31.0 Å². The Morgan fingerprint density at radius 1 is 1.44 bits per heavy atom. The summed E-state index contributed by atoms with van der Waals surface area (Å²) in [5.41, 5.74) is 1.86. The lowest BCUT2D eigenvalue weighted by Gasteiger charge is -2.18. The predicted octanol–water partition coefficient (Wildman–Crippen LogP) is 2.88. The fraction of sp³-hybridized carbons (Fsp3) is 0.417. The molecule has 0 spiro atoms. The van der Waals surface area contributed by atoms with Crippen LogP contribution in [-0.4, -0.2) is 17.1 Å². The Labute approximate surface area is 104 Å². The highest BCUT2D eigenvalue weighted by Gasteiger charge is 2.20. The minimum absolute atomic E-state index is 0.126. The van der Waals surface area contributed by atoms with E-state index >= 15 is 0 Å². The molecule has 1 rings (SSSR count). The maximum Gasteiger partial charge on any atom is 0.325 e. The topological polar surface area (TPSA) is 49.3 Å². The van der Waals surface area contributed by atoms with E-state index in [0.29, 0.717) is 0 Å². The second-order valence-corrected chi connectivity index (χ2v) is 4.96. The number of carboxylic acid groups (broad SMARTS) is 1. The van der Waals surface area contributed by atoms with E-state index < -0.39 is 12.0 Å². The smallest absolute Gasteiger partial charge is 0.325 e. The molecule has 0 radical (unpaired) electrons. The van der Waals surface area contributed by atoms with Crippen LogP contribution >= 0.6 is 15.9 Å². The minimum Gasteiger partial charge on any atom is -0.480 e. The van der Waals surface area contributed by atoms with Crippen LogP contribution in [0.5, 0.6) is 0 Å². The van der Waals surface area contributed by atoms with Crippen molar-refractivity contribution in [3.8, 4) is 0 Å². The number of carbonyl (C=O) groups is 1. The quantitative estimate of drug-likeness (QED) is 0.894. The van der Waals surface area contributed by atoms with Crippen molar-refractivity contribution in [3.63, 3.8) is 0 Å². The molecule has 0 bridgehead atoms. The Bertz CT molecular complexity index is 391. The van der Waals surface area contributed by atoms with Crippen molar-refractivity contribution >= 4 is 21.9 Å². The summed E-state index contributed by atoms with van der Waals surface area (Å²) in [6.07, 6.45) is 0. The maximum atomic E-state index is 11.2. The average molecular weight is 286 g/mol. The van der Waals surface area contributed by atoms with Gasteiger partial charge in [-0.05, 0) is 38.0 Å². The average Bonchev–Trinajstić information content (AvgIpc) is 2.18. The highest BCUT2D eigenvalue weighted by atomic mass is 79.9. The molecular weight excluding hydrogens is 270 g/mol.